The van der Waals surface area contributed by atoms with Crippen molar-refractivity contribution in [3.8, 4) is 11.9 Å². The summed E-state index contributed by atoms with van der Waals surface area (Å²) in [5.74, 6) is 0.892. The highest BCUT2D eigenvalue weighted by atomic mass is 32.1. The molecule has 2 atom stereocenters. The first-order chi connectivity index (χ1) is 14.2. The van der Waals surface area contributed by atoms with E-state index in [1.165, 1.54) is 49.2 Å². The molecular weight excluding hydrogens is 384 g/mol. The number of aliphatic hydroxyl groups is 1. The van der Waals surface area contributed by atoms with Crippen LogP contribution in [0, 0.1) is 11.3 Å². The number of ether oxygens (including phenoxy) is 1. The van der Waals surface area contributed by atoms with E-state index in [1.807, 2.05) is 6.07 Å². The molecule has 1 N–H and O–H groups in total. The quantitative estimate of drug-likeness (QED) is 0.753. The minimum absolute atomic E-state index is 0.188. The maximum absolute atomic E-state index is 9.87. The highest BCUT2D eigenvalue weighted by molar-refractivity contribution is 7.19. The van der Waals surface area contributed by atoms with Gasteiger partial charge in [0.15, 0.2) is 0 Å². The van der Waals surface area contributed by atoms with Crippen LogP contribution in [-0.4, -0.2) is 51.3 Å². The fourth-order valence-electron chi connectivity index (χ4n) is 5.48. The average Bonchev–Trinajstić information content (AvgIpc) is 3.46. The van der Waals surface area contributed by atoms with Crippen LogP contribution >= 0.6 is 11.3 Å². The fraction of sp³-hybridized carbons (Fsp3) is 0.682. The average molecular weight is 413 g/mol. The third-order valence-corrected chi connectivity index (χ3v) is 8.10. The van der Waals surface area contributed by atoms with Gasteiger partial charge >= 0.3 is 0 Å². The van der Waals surface area contributed by atoms with E-state index in [1.54, 1.807) is 17.7 Å². The third-order valence-electron chi connectivity index (χ3n) is 6.93. The standard InChI is InChI=1S/C22H28N4O2S/c23-12-16(27)11-14-3-8-18-19(14)20-21(24-13-25-22(20)29-18)28-17-6-4-15(5-7-17)26-9-1-2-10-26/h13-17,27H,1-11H2/t14-,15-,16?,17-/m1/s1. The molecule has 2 aromatic rings. The fourth-order valence-corrected chi connectivity index (χ4v) is 6.71. The maximum Gasteiger partial charge on any atom is 0.225 e. The second-order valence-electron chi connectivity index (χ2n) is 8.71. The van der Waals surface area contributed by atoms with Crippen LogP contribution < -0.4 is 4.74 Å². The SMILES string of the molecule is N#CC(O)C[C@H]1CCc2sc3ncnc(O[C@H]4CC[C@H](N5CCCC5)CC4)c3c21. The number of hydrogen-bond donors (Lipinski definition) is 1. The highest BCUT2D eigenvalue weighted by Crippen LogP contribution is 2.47. The number of fused-ring (bicyclic) bond motifs is 3. The maximum atomic E-state index is 9.87. The van der Waals surface area contributed by atoms with Crippen molar-refractivity contribution in [3.05, 3.63) is 16.8 Å². The van der Waals surface area contributed by atoms with E-state index in [2.05, 4.69) is 14.9 Å². The van der Waals surface area contributed by atoms with Gasteiger partial charge in [0, 0.05) is 10.9 Å². The normalized spacial score (nSPS) is 28.3. The van der Waals surface area contributed by atoms with Crippen molar-refractivity contribution in [1.29, 1.82) is 5.26 Å². The molecular formula is C22H28N4O2S. The molecule has 29 heavy (non-hydrogen) atoms. The van der Waals surface area contributed by atoms with Crippen LogP contribution in [0.15, 0.2) is 6.33 Å². The summed E-state index contributed by atoms with van der Waals surface area (Å²) in [7, 11) is 0. The van der Waals surface area contributed by atoms with Gasteiger partial charge in [-0.25, -0.2) is 9.97 Å². The zero-order valence-electron chi connectivity index (χ0n) is 16.7. The van der Waals surface area contributed by atoms with Gasteiger partial charge < -0.3 is 14.7 Å². The minimum Gasteiger partial charge on any atom is -0.474 e. The van der Waals surface area contributed by atoms with E-state index in [9.17, 15) is 5.11 Å². The Morgan fingerprint density at radius 2 is 2.00 bits per heavy atom. The Morgan fingerprint density at radius 3 is 2.76 bits per heavy atom. The molecule has 154 valence electrons. The molecule has 0 radical (unpaired) electrons. The van der Waals surface area contributed by atoms with Gasteiger partial charge in [0.1, 0.15) is 23.4 Å². The Hall–Kier alpha value is -1.75. The lowest BCUT2D eigenvalue weighted by Crippen LogP contribution is -2.38. The van der Waals surface area contributed by atoms with Crippen LogP contribution in [0.3, 0.4) is 0 Å². The van der Waals surface area contributed by atoms with Gasteiger partial charge in [-0.1, -0.05) is 0 Å². The zero-order chi connectivity index (χ0) is 19.8. The number of likely N-dealkylation sites (tertiary alicyclic amines) is 1. The van der Waals surface area contributed by atoms with Crippen molar-refractivity contribution in [1.82, 2.24) is 14.9 Å². The summed E-state index contributed by atoms with van der Waals surface area (Å²) >= 11 is 1.72. The van der Waals surface area contributed by atoms with Crippen LogP contribution in [0.5, 0.6) is 5.88 Å². The van der Waals surface area contributed by atoms with Crippen molar-refractivity contribution in [2.24, 2.45) is 0 Å². The lowest BCUT2D eigenvalue weighted by atomic mass is 9.92. The highest BCUT2D eigenvalue weighted by Gasteiger charge is 2.33. The molecule has 7 heteroatoms. The van der Waals surface area contributed by atoms with E-state index in [0.29, 0.717) is 12.3 Å². The minimum atomic E-state index is -0.921. The first-order valence-electron chi connectivity index (χ1n) is 11.0. The van der Waals surface area contributed by atoms with Crippen LogP contribution in [0.4, 0.5) is 0 Å². The molecule has 0 amide bonds. The zero-order valence-corrected chi connectivity index (χ0v) is 17.5. The van der Waals surface area contributed by atoms with Gasteiger partial charge in [0.25, 0.3) is 0 Å². The monoisotopic (exact) mass is 412 g/mol. The van der Waals surface area contributed by atoms with E-state index < -0.39 is 6.10 Å². The van der Waals surface area contributed by atoms with E-state index in [4.69, 9.17) is 10.00 Å². The molecule has 0 bridgehead atoms. The Morgan fingerprint density at radius 1 is 1.21 bits per heavy atom. The summed E-state index contributed by atoms with van der Waals surface area (Å²) in [6, 6.07) is 2.69. The number of rotatable bonds is 5. The molecule has 2 aromatic heterocycles. The van der Waals surface area contributed by atoms with Crippen molar-refractivity contribution in [2.75, 3.05) is 13.1 Å². The van der Waals surface area contributed by atoms with Crippen LogP contribution in [0.25, 0.3) is 10.2 Å². The topological polar surface area (TPSA) is 82.3 Å². The molecule has 0 aromatic carbocycles. The van der Waals surface area contributed by atoms with Crippen LogP contribution in [0.2, 0.25) is 0 Å². The predicted octanol–water partition coefficient (Wildman–Crippen LogP) is 3.78. The summed E-state index contributed by atoms with van der Waals surface area (Å²) in [6.07, 6.45) is 10.6. The molecule has 0 spiro atoms. The van der Waals surface area contributed by atoms with Gasteiger partial charge in [0.05, 0.1) is 11.5 Å². The number of aliphatic hydroxyl groups excluding tert-OH is 1. The van der Waals surface area contributed by atoms with Crippen molar-refractivity contribution in [2.45, 2.75) is 82.0 Å². The summed E-state index contributed by atoms with van der Waals surface area (Å²) in [4.78, 5) is 14.0. The summed E-state index contributed by atoms with van der Waals surface area (Å²) in [5.41, 5.74) is 1.22. The molecule has 1 unspecified atom stereocenters. The van der Waals surface area contributed by atoms with Gasteiger partial charge in [0.2, 0.25) is 5.88 Å². The van der Waals surface area contributed by atoms with Gasteiger partial charge in [-0.2, -0.15) is 5.26 Å². The first-order valence-corrected chi connectivity index (χ1v) is 11.8. The molecule has 6 nitrogen and oxygen atoms in total. The number of nitrogens with zero attached hydrogens (tertiary/aromatic N) is 4. The summed E-state index contributed by atoms with van der Waals surface area (Å²) < 4.78 is 6.45. The molecule has 3 heterocycles. The first kappa shape index (κ1) is 19.2. The number of thiophene rings is 1. The lowest BCUT2D eigenvalue weighted by molar-refractivity contribution is 0.0978. The van der Waals surface area contributed by atoms with E-state index in [-0.39, 0.29) is 12.0 Å². The summed E-state index contributed by atoms with van der Waals surface area (Å²) in [5, 5.41) is 19.9. The second-order valence-corrected chi connectivity index (χ2v) is 9.79. The van der Waals surface area contributed by atoms with Crippen LogP contribution in [0.1, 0.15) is 67.7 Å². The van der Waals surface area contributed by atoms with Crippen molar-refractivity contribution >= 4 is 21.6 Å². The molecule has 5 rings (SSSR count). The predicted molar refractivity (Wildman–Crippen MR) is 112 cm³/mol. The molecule has 1 saturated heterocycles. The Labute approximate surface area is 175 Å². The number of aromatic nitrogens is 2. The Kier molecular flexibility index (Phi) is 5.42. The molecule has 2 aliphatic carbocycles. The number of aryl methyl sites for hydroxylation is 1. The Bertz CT molecular complexity index is 909. The lowest BCUT2D eigenvalue weighted by Gasteiger charge is -2.34. The van der Waals surface area contributed by atoms with E-state index >= 15 is 0 Å². The van der Waals surface area contributed by atoms with Crippen molar-refractivity contribution < 1.29 is 9.84 Å². The smallest absolute Gasteiger partial charge is 0.225 e. The van der Waals surface area contributed by atoms with E-state index in [0.717, 1.165) is 41.9 Å². The van der Waals surface area contributed by atoms with Gasteiger partial charge in [-0.3, -0.25) is 0 Å². The third kappa shape index (κ3) is 3.74. The van der Waals surface area contributed by atoms with Gasteiger partial charge in [-0.05, 0) is 82.4 Å². The second kappa shape index (κ2) is 8.17. The number of hydrogen-bond acceptors (Lipinski definition) is 7. The molecule has 1 saturated carbocycles. The Balaban J connectivity index is 1.34. The number of nitriles is 1. The molecule has 3 aliphatic rings. The summed E-state index contributed by atoms with van der Waals surface area (Å²) in [6.45, 7) is 2.53. The molecule has 2 fully saturated rings. The largest absolute Gasteiger partial charge is 0.474 e. The van der Waals surface area contributed by atoms with Crippen LogP contribution in [-0.2, 0) is 6.42 Å². The van der Waals surface area contributed by atoms with Gasteiger partial charge in [-0.15, -0.1) is 11.3 Å². The van der Waals surface area contributed by atoms with Crippen molar-refractivity contribution in [3.63, 3.8) is 0 Å². The molecule has 1 aliphatic heterocycles.